The Bertz CT molecular complexity index is 934. The molecule has 1 heterocycles. The largest absolute Gasteiger partial charge is 0.321 e. The van der Waals surface area contributed by atoms with Gasteiger partial charge in [-0.25, -0.2) is 4.68 Å². The molecule has 3 rings (SSSR count). The Labute approximate surface area is 140 Å². The average Bonchev–Trinajstić information content (AvgIpc) is 2.51. The lowest BCUT2D eigenvalue weighted by atomic mass is 10.1. The molecule has 22 heavy (non-hydrogen) atoms. The Morgan fingerprint density at radius 2 is 1.86 bits per heavy atom. The second-order valence-corrected chi connectivity index (χ2v) is 6.03. The Balaban J connectivity index is 2.08. The van der Waals surface area contributed by atoms with E-state index in [0.717, 1.165) is 3.57 Å². The topological polar surface area (TPSA) is 64.0 Å². The van der Waals surface area contributed by atoms with Gasteiger partial charge in [-0.15, -0.1) is 0 Å². The second kappa shape index (κ2) is 5.88. The van der Waals surface area contributed by atoms with E-state index in [-0.39, 0.29) is 17.2 Å². The van der Waals surface area contributed by atoms with E-state index in [1.165, 1.54) is 11.7 Å². The van der Waals surface area contributed by atoms with Crippen LogP contribution in [0.2, 0.25) is 0 Å². The molecule has 5 nitrogen and oxygen atoms in total. The van der Waals surface area contributed by atoms with E-state index in [2.05, 4.69) is 33.0 Å². The summed E-state index contributed by atoms with van der Waals surface area (Å²) in [5.41, 5.74) is 0.703. The molecule has 0 spiro atoms. The molecule has 0 saturated heterocycles. The number of aromatic nitrogens is 2. The normalized spacial score (nSPS) is 10.6. The Morgan fingerprint density at radius 1 is 1.14 bits per heavy atom. The quantitative estimate of drug-likeness (QED) is 0.667. The van der Waals surface area contributed by atoms with Crippen molar-refractivity contribution in [3.63, 3.8) is 0 Å². The van der Waals surface area contributed by atoms with Crippen LogP contribution in [0.1, 0.15) is 10.5 Å². The first kappa shape index (κ1) is 14.7. The van der Waals surface area contributed by atoms with E-state index in [1.54, 1.807) is 24.3 Å². The predicted molar refractivity (Wildman–Crippen MR) is 94.1 cm³/mol. The average molecular weight is 405 g/mol. The van der Waals surface area contributed by atoms with E-state index < -0.39 is 0 Å². The molecule has 0 bridgehead atoms. The van der Waals surface area contributed by atoms with Gasteiger partial charge in [0.2, 0.25) is 0 Å². The molecule has 3 aromatic rings. The van der Waals surface area contributed by atoms with Crippen LogP contribution in [-0.4, -0.2) is 15.7 Å². The third-order valence-corrected chi connectivity index (χ3v) is 3.93. The molecular weight excluding hydrogens is 393 g/mol. The molecule has 0 radical (unpaired) electrons. The van der Waals surface area contributed by atoms with Crippen LogP contribution in [0.5, 0.6) is 0 Å². The zero-order valence-electron chi connectivity index (χ0n) is 11.7. The predicted octanol–water partition coefficient (Wildman–Crippen LogP) is 2.79. The van der Waals surface area contributed by atoms with E-state index in [0.29, 0.717) is 16.5 Å². The standard InChI is InChI=1S/C16H12IN3O2/c1-20-16(22)13-8-3-2-7-12(13)14(19-20)15(21)18-11-6-4-5-10(17)9-11/h2-9H,1H3,(H,18,21). The molecule has 0 aliphatic rings. The zero-order chi connectivity index (χ0) is 15.7. The highest BCUT2D eigenvalue weighted by Gasteiger charge is 2.15. The number of benzene rings is 2. The number of hydrogen-bond acceptors (Lipinski definition) is 3. The lowest BCUT2D eigenvalue weighted by molar-refractivity contribution is 0.102. The summed E-state index contributed by atoms with van der Waals surface area (Å²) in [7, 11) is 1.54. The third kappa shape index (κ3) is 2.74. The molecule has 0 atom stereocenters. The minimum absolute atomic E-state index is 0.221. The van der Waals surface area contributed by atoms with Crippen molar-refractivity contribution in [2.45, 2.75) is 0 Å². The van der Waals surface area contributed by atoms with Gasteiger partial charge < -0.3 is 5.32 Å². The minimum atomic E-state index is -0.339. The van der Waals surface area contributed by atoms with E-state index >= 15 is 0 Å². The maximum atomic E-state index is 12.5. The minimum Gasteiger partial charge on any atom is -0.321 e. The number of amides is 1. The highest BCUT2D eigenvalue weighted by Crippen LogP contribution is 2.17. The van der Waals surface area contributed by atoms with Gasteiger partial charge in [0.1, 0.15) is 0 Å². The molecule has 6 heteroatoms. The van der Waals surface area contributed by atoms with Crippen molar-refractivity contribution < 1.29 is 4.79 Å². The summed E-state index contributed by atoms with van der Waals surface area (Å²) in [6.07, 6.45) is 0. The molecule has 1 amide bonds. The molecule has 0 unspecified atom stereocenters. The van der Waals surface area contributed by atoms with Crippen molar-refractivity contribution in [2.75, 3.05) is 5.32 Å². The Kier molecular flexibility index (Phi) is 3.93. The molecule has 1 N–H and O–H groups in total. The van der Waals surface area contributed by atoms with Gasteiger partial charge in [0.05, 0.1) is 5.39 Å². The monoisotopic (exact) mass is 405 g/mol. The number of anilines is 1. The fourth-order valence-corrected chi connectivity index (χ4v) is 2.77. The van der Waals surface area contributed by atoms with Crippen LogP contribution in [-0.2, 0) is 7.05 Å². The van der Waals surface area contributed by atoms with Gasteiger partial charge in [0.15, 0.2) is 5.69 Å². The van der Waals surface area contributed by atoms with Crippen molar-refractivity contribution in [2.24, 2.45) is 7.05 Å². The third-order valence-electron chi connectivity index (χ3n) is 3.25. The number of hydrogen-bond donors (Lipinski definition) is 1. The second-order valence-electron chi connectivity index (χ2n) is 4.79. The first-order chi connectivity index (χ1) is 10.6. The van der Waals surface area contributed by atoms with Crippen LogP contribution in [0.25, 0.3) is 10.8 Å². The van der Waals surface area contributed by atoms with Crippen LogP contribution >= 0.6 is 22.6 Å². The first-order valence-electron chi connectivity index (χ1n) is 6.59. The van der Waals surface area contributed by atoms with Gasteiger partial charge in [0, 0.05) is 21.7 Å². The summed E-state index contributed by atoms with van der Waals surface area (Å²) in [4.78, 5) is 24.6. The maximum absolute atomic E-state index is 12.5. The van der Waals surface area contributed by atoms with Crippen LogP contribution in [0.3, 0.4) is 0 Å². The number of halogens is 1. The van der Waals surface area contributed by atoms with E-state index in [9.17, 15) is 9.59 Å². The number of fused-ring (bicyclic) bond motifs is 1. The number of aryl methyl sites for hydroxylation is 1. The molecule has 0 aliphatic heterocycles. The summed E-state index contributed by atoms with van der Waals surface area (Å²) in [5.74, 6) is -0.339. The summed E-state index contributed by atoms with van der Waals surface area (Å²) < 4.78 is 2.21. The van der Waals surface area contributed by atoms with Gasteiger partial charge in [-0.2, -0.15) is 5.10 Å². The molecule has 0 fully saturated rings. The number of nitrogens with zero attached hydrogens (tertiary/aromatic N) is 2. The SMILES string of the molecule is Cn1nc(C(=O)Nc2cccc(I)c2)c2ccccc2c1=O. The summed E-state index contributed by atoms with van der Waals surface area (Å²) in [5, 5.41) is 7.96. The van der Waals surface area contributed by atoms with Crippen molar-refractivity contribution in [3.8, 4) is 0 Å². The van der Waals surface area contributed by atoms with Gasteiger partial charge in [-0.05, 0) is 46.9 Å². The van der Waals surface area contributed by atoms with Crippen LogP contribution in [0.4, 0.5) is 5.69 Å². The fourth-order valence-electron chi connectivity index (χ4n) is 2.22. The molecule has 0 saturated carbocycles. The van der Waals surface area contributed by atoms with Gasteiger partial charge in [-0.1, -0.05) is 24.3 Å². The van der Waals surface area contributed by atoms with Gasteiger partial charge >= 0.3 is 0 Å². The smallest absolute Gasteiger partial charge is 0.276 e. The Hall–Kier alpha value is -2.22. The first-order valence-corrected chi connectivity index (χ1v) is 7.67. The lowest BCUT2D eigenvalue weighted by Crippen LogP contribution is -2.25. The van der Waals surface area contributed by atoms with E-state index in [1.807, 2.05) is 24.3 Å². The fraction of sp³-hybridized carbons (Fsp3) is 0.0625. The molecule has 0 aliphatic carbocycles. The molecular formula is C16H12IN3O2. The van der Waals surface area contributed by atoms with Crippen LogP contribution in [0, 0.1) is 3.57 Å². The lowest BCUT2D eigenvalue weighted by Gasteiger charge is -2.09. The highest BCUT2D eigenvalue weighted by atomic mass is 127. The number of carbonyl (C=O) groups is 1. The number of carbonyl (C=O) groups excluding carboxylic acids is 1. The molecule has 2 aromatic carbocycles. The van der Waals surface area contributed by atoms with Crippen molar-refractivity contribution in [1.82, 2.24) is 9.78 Å². The summed E-state index contributed by atoms with van der Waals surface area (Å²) in [6, 6.07) is 14.5. The zero-order valence-corrected chi connectivity index (χ0v) is 13.9. The number of rotatable bonds is 2. The number of nitrogens with one attached hydrogen (secondary N) is 1. The highest BCUT2D eigenvalue weighted by molar-refractivity contribution is 14.1. The van der Waals surface area contributed by atoms with Crippen LogP contribution < -0.4 is 10.9 Å². The van der Waals surface area contributed by atoms with Gasteiger partial charge in [-0.3, -0.25) is 9.59 Å². The Morgan fingerprint density at radius 3 is 2.59 bits per heavy atom. The van der Waals surface area contributed by atoms with E-state index in [4.69, 9.17) is 0 Å². The van der Waals surface area contributed by atoms with Crippen molar-refractivity contribution >= 4 is 45.0 Å². The molecule has 110 valence electrons. The van der Waals surface area contributed by atoms with Crippen molar-refractivity contribution in [3.05, 3.63) is 68.1 Å². The summed E-state index contributed by atoms with van der Waals surface area (Å²) >= 11 is 2.18. The van der Waals surface area contributed by atoms with Gasteiger partial charge in [0.25, 0.3) is 11.5 Å². The van der Waals surface area contributed by atoms with Crippen molar-refractivity contribution in [1.29, 1.82) is 0 Å². The molecule has 1 aromatic heterocycles. The maximum Gasteiger partial charge on any atom is 0.276 e. The summed E-state index contributed by atoms with van der Waals surface area (Å²) in [6.45, 7) is 0. The van der Waals surface area contributed by atoms with Crippen LogP contribution in [0.15, 0.2) is 53.3 Å².